The highest BCUT2D eigenvalue weighted by molar-refractivity contribution is 6.38. The molecule has 3 aromatic carbocycles. The molecule has 0 saturated heterocycles. The Morgan fingerprint density at radius 2 is 1.79 bits per heavy atom. The van der Waals surface area contributed by atoms with E-state index in [9.17, 15) is 9.59 Å². The fraction of sp³-hybridized carbons (Fsp3) is 0.185. The number of hydrogen-bond acceptors (Lipinski definition) is 4. The Bertz CT molecular complexity index is 1280. The fourth-order valence-electron chi connectivity index (χ4n) is 4.06. The fourth-order valence-corrected chi connectivity index (χ4v) is 4.23. The van der Waals surface area contributed by atoms with Gasteiger partial charge in [0.25, 0.3) is 5.91 Å². The van der Waals surface area contributed by atoms with Crippen LogP contribution in [-0.4, -0.2) is 36.0 Å². The smallest absolute Gasteiger partial charge is 0.303 e. The van der Waals surface area contributed by atoms with Crippen molar-refractivity contribution in [2.45, 2.75) is 19.4 Å². The van der Waals surface area contributed by atoms with Crippen LogP contribution in [0.1, 0.15) is 28.7 Å². The number of carboxylic acids is 1. The molecule has 0 radical (unpaired) electrons. The van der Waals surface area contributed by atoms with Gasteiger partial charge in [0.05, 0.1) is 17.0 Å². The summed E-state index contributed by atoms with van der Waals surface area (Å²) in [5.41, 5.74) is 6.26. The zero-order chi connectivity index (χ0) is 24.2. The van der Waals surface area contributed by atoms with Crippen molar-refractivity contribution in [3.63, 3.8) is 0 Å². The number of carboxylic acid groups (broad SMARTS) is 1. The summed E-state index contributed by atoms with van der Waals surface area (Å²) in [7, 11) is 4.03. The summed E-state index contributed by atoms with van der Waals surface area (Å²) < 4.78 is 0. The first kappa shape index (κ1) is 23.5. The lowest BCUT2D eigenvalue weighted by Crippen LogP contribution is -2.12. The molecule has 3 aromatic rings. The number of hydrogen-bond donors (Lipinski definition) is 3. The molecule has 0 unspecified atom stereocenters. The topological polar surface area (TPSA) is 81.7 Å². The lowest BCUT2D eigenvalue weighted by Gasteiger charge is -2.17. The SMILES string of the molecule is CN(C)Cc1cccc(N/C(=C2\C(=O)Nc3cc(Cl)ccc32)c2cccc(CCC(=O)O)c2)c1. The molecule has 0 aliphatic carbocycles. The van der Waals surface area contributed by atoms with Gasteiger partial charge in [-0.25, -0.2) is 0 Å². The largest absolute Gasteiger partial charge is 0.481 e. The number of fused-ring (bicyclic) bond motifs is 1. The van der Waals surface area contributed by atoms with E-state index in [0.29, 0.717) is 28.4 Å². The molecule has 1 heterocycles. The second-order valence-corrected chi connectivity index (χ2v) is 8.99. The van der Waals surface area contributed by atoms with E-state index in [1.807, 2.05) is 56.6 Å². The summed E-state index contributed by atoms with van der Waals surface area (Å²) in [6.45, 7) is 0.786. The van der Waals surface area contributed by atoms with Crippen LogP contribution in [0.4, 0.5) is 11.4 Å². The summed E-state index contributed by atoms with van der Waals surface area (Å²) in [5, 5.41) is 16.0. The van der Waals surface area contributed by atoms with Gasteiger partial charge >= 0.3 is 5.97 Å². The number of aliphatic carboxylic acids is 1. The second-order valence-electron chi connectivity index (χ2n) is 8.55. The first-order chi connectivity index (χ1) is 16.3. The van der Waals surface area contributed by atoms with Gasteiger partial charge in [-0.05, 0) is 67.5 Å². The molecule has 0 atom stereocenters. The number of benzene rings is 3. The molecular weight excluding hydrogens is 450 g/mol. The zero-order valence-corrected chi connectivity index (χ0v) is 19.8. The van der Waals surface area contributed by atoms with Crippen molar-refractivity contribution < 1.29 is 14.7 Å². The number of carbonyl (C=O) groups excluding carboxylic acids is 1. The molecule has 3 N–H and O–H groups in total. The van der Waals surface area contributed by atoms with E-state index < -0.39 is 5.97 Å². The first-order valence-electron chi connectivity index (χ1n) is 11.0. The Hall–Kier alpha value is -3.61. The third-order valence-corrected chi connectivity index (χ3v) is 5.75. The van der Waals surface area contributed by atoms with Gasteiger partial charge in [-0.3, -0.25) is 9.59 Å². The first-order valence-corrected chi connectivity index (χ1v) is 11.4. The van der Waals surface area contributed by atoms with Crippen LogP contribution in [0.3, 0.4) is 0 Å². The van der Waals surface area contributed by atoms with Gasteiger partial charge in [0.15, 0.2) is 0 Å². The van der Waals surface area contributed by atoms with Crippen molar-refractivity contribution in [3.8, 4) is 0 Å². The highest BCUT2D eigenvalue weighted by atomic mass is 35.5. The van der Waals surface area contributed by atoms with Crippen molar-refractivity contribution in [3.05, 3.63) is 94.0 Å². The normalized spacial score (nSPS) is 14.1. The number of rotatable bonds is 8. The van der Waals surface area contributed by atoms with E-state index in [0.717, 1.165) is 34.5 Å². The number of anilines is 2. The van der Waals surface area contributed by atoms with Gasteiger partial charge in [0, 0.05) is 29.2 Å². The van der Waals surface area contributed by atoms with Crippen LogP contribution in [0, 0.1) is 0 Å². The van der Waals surface area contributed by atoms with Crippen LogP contribution < -0.4 is 10.6 Å². The molecule has 174 valence electrons. The number of carbonyl (C=O) groups is 2. The van der Waals surface area contributed by atoms with Gasteiger partial charge in [-0.1, -0.05) is 48.0 Å². The molecule has 1 aliphatic rings. The Labute approximate surface area is 203 Å². The molecule has 1 aliphatic heterocycles. The van der Waals surface area contributed by atoms with Crippen LogP contribution in [0.25, 0.3) is 11.3 Å². The van der Waals surface area contributed by atoms with Crippen molar-refractivity contribution >= 4 is 46.1 Å². The highest BCUT2D eigenvalue weighted by Gasteiger charge is 2.28. The van der Waals surface area contributed by atoms with Gasteiger partial charge in [-0.2, -0.15) is 0 Å². The quantitative estimate of drug-likeness (QED) is 0.382. The lowest BCUT2D eigenvalue weighted by molar-refractivity contribution is -0.137. The van der Waals surface area contributed by atoms with Crippen LogP contribution >= 0.6 is 11.6 Å². The number of halogens is 1. The van der Waals surface area contributed by atoms with Crippen LogP contribution in [0.15, 0.2) is 66.7 Å². The molecule has 7 heteroatoms. The summed E-state index contributed by atoms with van der Waals surface area (Å²) in [6.07, 6.45) is 0.444. The molecule has 6 nitrogen and oxygen atoms in total. The molecule has 0 saturated carbocycles. The van der Waals surface area contributed by atoms with Gasteiger partial charge in [0.2, 0.25) is 0 Å². The summed E-state index contributed by atoms with van der Waals surface area (Å²) in [6, 6.07) is 21.0. The maximum atomic E-state index is 13.1. The number of nitrogens with one attached hydrogen (secondary N) is 2. The van der Waals surface area contributed by atoms with Crippen LogP contribution in [0.5, 0.6) is 0 Å². The van der Waals surface area contributed by atoms with Gasteiger partial charge in [0.1, 0.15) is 0 Å². The molecule has 0 spiro atoms. The summed E-state index contributed by atoms with van der Waals surface area (Å²) >= 11 is 6.15. The molecule has 0 aromatic heterocycles. The van der Waals surface area contributed by atoms with E-state index in [4.69, 9.17) is 16.7 Å². The summed E-state index contributed by atoms with van der Waals surface area (Å²) in [5.74, 6) is -1.07. The predicted octanol–water partition coefficient (Wildman–Crippen LogP) is 5.35. The molecular formula is C27H26ClN3O3. The van der Waals surface area contributed by atoms with Gasteiger partial charge in [-0.15, -0.1) is 0 Å². The predicted molar refractivity (Wildman–Crippen MR) is 137 cm³/mol. The average molecular weight is 476 g/mol. The number of nitrogens with zero attached hydrogens (tertiary/aromatic N) is 1. The van der Waals surface area contributed by atoms with Crippen LogP contribution in [0.2, 0.25) is 5.02 Å². The maximum Gasteiger partial charge on any atom is 0.303 e. The zero-order valence-electron chi connectivity index (χ0n) is 19.1. The molecule has 0 fully saturated rings. The van der Waals surface area contributed by atoms with E-state index >= 15 is 0 Å². The Balaban J connectivity index is 1.82. The number of amides is 1. The second kappa shape index (κ2) is 10.1. The highest BCUT2D eigenvalue weighted by Crippen LogP contribution is 2.39. The van der Waals surface area contributed by atoms with Gasteiger partial charge < -0.3 is 20.6 Å². The van der Waals surface area contributed by atoms with Crippen molar-refractivity contribution in [2.24, 2.45) is 0 Å². The van der Waals surface area contributed by atoms with E-state index in [2.05, 4.69) is 27.7 Å². The van der Waals surface area contributed by atoms with E-state index in [1.54, 1.807) is 12.1 Å². The third kappa shape index (κ3) is 5.47. The standard InChI is InChI=1S/C27H26ClN3O3/c1-31(2)16-18-6-4-8-21(14-18)29-26(19-7-3-5-17(13-19)9-12-24(32)33)25-22-11-10-20(28)15-23(22)30-27(25)34/h3-8,10-11,13-15,29H,9,12,16H2,1-2H3,(H,30,34)(H,32,33)/b26-25-. The number of aryl methyl sites for hydroxylation is 1. The Kier molecular flexibility index (Phi) is 7.01. The molecule has 1 amide bonds. The Morgan fingerprint density at radius 3 is 2.56 bits per heavy atom. The minimum Gasteiger partial charge on any atom is -0.481 e. The molecule has 34 heavy (non-hydrogen) atoms. The van der Waals surface area contributed by atoms with E-state index in [1.165, 1.54) is 0 Å². The average Bonchev–Trinajstić information content (AvgIpc) is 3.10. The minimum atomic E-state index is -0.846. The monoisotopic (exact) mass is 475 g/mol. The lowest BCUT2D eigenvalue weighted by atomic mass is 9.97. The Morgan fingerprint density at radius 1 is 1.03 bits per heavy atom. The molecule has 0 bridgehead atoms. The van der Waals surface area contributed by atoms with E-state index in [-0.39, 0.29) is 12.3 Å². The van der Waals surface area contributed by atoms with Crippen molar-refractivity contribution in [1.29, 1.82) is 0 Å². The van der Waals surface area contributed by atoms with Crippen molar-refractivity contribution in [2.75, 3.05) is 24.7 Å². The third-order valence-electron chi connectivity index (χ3n) is 5.51. The summed E-state index contributed by atoms with van der Waals surface area (Å²) in [4.78, 5) is 26.3. The maximum absolute atomic E-state index is 13.1. The molecule has 4 rings (SSSR count). The van der Waals surface area contributed by atoms with Crippen molar-refractivity contribution in [1.82, 2.24) is 4.90 Å². The minimum absolute atomic E-state index is 0.0389. The van der Waals surface area contributed by atoms with Crippen LogP contribution in [-0.2, 0) is 22.6 Å².